The fraction of sp³-hybridized carbons (Fsp3) is 0.250. The van der Waals surface area contributed by atoms with Crippen LogP contribution in [-0.4, -0.2) is 24.1 Å². The maximum atomic E-state index is 12.2. The van der Waals surface area contributed by atoms with E-state index < -0.39 is 6.10 Å². The number of benzene rings is 1. The predicted octanol–water partition coefficient (Wildman–Crippen LogP) is 2.89. The summed E-state index contributed by atoms with van der Waals surface area (Å²) in [5.74, 6) is 0.940. The van der Waals surface area contributed by atoms with E-state index >= 15 is 0 Å². The number of hydrogen-bond acceptors (Lipinski definition) is 4. The lowest BCUT2D eigenvalue weighted by atomic mass is 10.2. The molecule has 0 fully saturated rings. The van der Waals surface area contributed by atoms with E-state index in [4.69, 9.17) is 9.47 Å². The van der Waals surface area contributed by atoms with Gasteiger partial charge in [-0.3, -0.25) is 9.78 Å². The first-order chi connectivity index (χ1) is 10.2. The lowest BCUT2D eigenvalue weighted by Gasteiger charge is -2.18. The molecule has 0 saturated carbocycles. The number of carbonyl (C=O) groups excluding carboxylic acids is 1. The second-order valence-electron chi connectivity index (χ2n) is 4.40. The van der Waals surface area contributed by atoms with Gasteiger partial charge < -0.3 is 14.8 Å². The van der Waals surface area contributed by atoms with Gasteiger partial charge >= 0.3 is 0 Å². The van der Waals surface area contributed by atoms with Gasteiger partial charge in [-0.2, -0.15) is 0 Å². The Morgan fingerprint density at radius 3 is 2.62 bits per heavy atom. The molecule has 5 nitrogen and oxygen atoms in total. The van der Waals surface area contributed by atoms with Crippen molar-refractivity contribution < 1.29 is 14.3 Å². The van der Waals surface area contributed by atoms with Gasteiger partial charge in [-0.15, -0.1) is 0 Å². The summed E-state index contributed by atoms with van der Waals surface area (Å²) in [5, 5.41) is 2.78. The van der Waals surface area contributed by atoms with Crippen LogP contribution in [0.3, 0.4) is 0 Å². The van der Waals surface area contributed by atoms with Gasteiger partial charge in [-0.1, -0.05) is 19.1 Å². The van der Waals surface area contributed by atoms with Crippen LogP contribution in [0.25, 0.3) is 0 Å². The minimum atomic E-state index is -0.596. The van der Waals surface area contributed by atoms with Gasteiger partial charge in [0.25, 0.3) is 5.91 Å². The SMILES string of the molecule is CCC(Oc1ccccc1OC)C(=O)Nc1cccnc1. The van der Waals surface area contributed by atoms with Crippen molar-refractivity contribution >= 4 is 11.6 Å². The van der Waals surface area contributed by atoms with Crippen LogP contribution in [-0.2, 0) is 4.79 Å². The van der Waals surface area contributed by atoms with Gasteiger partial charge in [-0.25, -0.2) is 0 Å². The van der Waals surface area contributed by atoms with Crippen molar-refractivity contribution in [3.8, 4) is 11.5 Å². The van der Waals surface area contributed by atoms with Gasteiger partial charge in [0.15, 0.2) is 17.6 Å². The number of methoxy groups -OCH3 is 1. The molecule has 2 rings (SSSR count). The number of aromatic nitrogens is 1. The predicted molar refractivity (Wildman–Crippen MR) is 80.6 cm³/mol. The van der Waals surface area contributed by atoms with Crippen LogP contribution in [0.1, 0.15) is 13.3 Å². The molecule has 1 amide bonds. The largest absolute Gasteiger partial charge is 0.493 e. The molecule has 1 aromatic heterocycles. The third-order valence-corrected chi connectivity index (χ3v) is 2.93. The maximum Gasteiger partial charge on any atom is 0.265 e. The Morgan fingerprint density at radius 1 is 1.24 bits per heavy atom. The number of pyridine rings is 1. The van der Waals surface area contributed by atoms with Crippen LogP contribution < -0.4 is 14.8 Å². The van der Waals surface area contributed by atoms with Crippen molar-refractivity contribution in [1.29, 1.82) is 0 Å². The molecular weight excluding hydrogens is 268 g/mol. The number of hydrogen-bond donors (Lipinski definition) is 1. The molecule has 0 aliphatic carbocycles. The smallest absolute Gasteiger partial charge is 0.265 e. The lowest BCUT2D eigenvalue weighted by Crippen LogP contribution is -2.32. The zero-order valence-corrected chi connectivity index (χ0v) is 12.1. The number of nitrogens with zero attached hydrogens (tertiary/aromatic N) is 1. The zero-order valence-electron chi connectivity index (χ0n) is 12.1. The van der Waals surface area contributed by atoms with Crippen LogP contribution in [0.2, 0.25) is 0 Å². The zero-order chi connectivity index (χ0) is 15.1. The molecule has 0 aliphatic rings. The van der Waals surface area contributed by atoms with Crippen LogP contribution in [0.15, 0.2) is 48.8 Å². The summed E-state index contributed by atoms with van der Waals surface area (Å²) in [6.07, 6.45) is 3.19. The summed E-state index contributed by atoms with van der Waals surface area (Å²) in [4.78, 5) is 16.2. The van der Waals surface area contributed by atoms with E-state index in [2.05, 4.69) is 10.3 Å². The molecule has 0 saturated heterocycles. The number of amides is 1. The highest BCUT2D eigenvalue weighted by Crippen LogP contribution is 2.27. The van der Waals surface area contributed by atoms with E-state index in [9.17, 15) is 4.79 Å². The third-order valence-electron chi connectivity index (χ3n) is 2.93. The van der Waals surface area contributed by atoms with Crippen molar-refractivity contribution in [1.82, 2.24) is 4.98 Å². The lowest BCUT2D eigenvalue weighted by molar-refractivity contribution is -0.122. The van der Waals surface area contributed by atoms with E-state index in [1.165, 1.54) is 0 Å². The Kier molecular flexibility index (Phi) is 5.15. The quantitative estimate of drug-likeness (QED) is 0.887. The summed E-state index contributed by atoms with van der Waals surface area (Å²) >= 11 is 0. The molecule has 1 atom stereocenters. The summed E-state index contributed by atoms with van der Waals surface area (Å²) in [5.41, 5.74) is 0.643. The van der Waals surface area contributed by atoms with Crippen LogP contribution in [0.5, 0.6) is 11.5 Å². The van der Waals surface area contributed by atoms with Gasteiger partial charge in [-0.05, 0) is 30.7 Å². The fourth-order valence-electron chi connectivity index (χ4n) is 1.85. The van der Waals surface area contributed by atoms with Crippen LogP contribution in [0.4, 0.5) is 5.69 Å². The number of para-hydroxylation sites is 2. The number of nitrogens with one attached hydrogen (secondary N) is 1. The van der Waals surface area contributed by atoms with Gasteiger partial charge in [0.1, 0.15) is 0 Å². The monoisotopic (exact) mass is 286 g/mol. The Labute approximate surface area is 123 Å². The first kappa shape index (κ1) is 14.8. The Balaban J connectivity index is 2.07. The highest BCUT2D eigenvalue weighted by Gasteiger charge is 2.20. The van der Waals surface area contributed by atoms with Crippen molar-refractivity contribution in [2.75, 3.05) is 12.4 Å². The van der Waals surface area contributed by atoms with Crippen molar-refractivity contribution in [2.24, 2.45) is 0 Å². The molecule has 0 bridgehead atoms. The highest BCUT2D eigenvalue weighted by molar-refractivity contribution is 5.94. The first-order valence-corrected chi connectivity index (χ1v) is 6.75. The molecule has 5 heteroatoms. The molecule has 110 valence electrons. The maximum absolute atomic E-state index is 12.2. The summed E-state index contributed by atoms with van der Waals surface area (Å²) in [6, 6.07) is 10.8. The minimum absolute atomic E-state index is 0.212. The topological polar surface area (TPSA) is 60.5 Å². The highest BCUT2D eigenvalue weighted by atomic mass is 16.5. The van der Waals surface area contributed by atoms with E-state index in [0.29, 0.717) is 23.6 Å². The normalized spacial score (nSPS) is 11.5. The number of anilines is 1. The number of ether oxygens (including phenoxy) is 2. The first-order valence-electron chi connectivity index (χ1n) is 6.75. The third kappa shape index (κ3) is 3.95. The second kappa shape index (κ2) is 7.28. The molecule has 21 heavy (non-hydrogen) atoms. The molecular formula is C16H18N2O3. The van der Waals surface area contributed by atoms with E-state index in [1.807, 2.05) is 19.1 Å². The van der Waals surface area contributed by atoms with Gasteiger partial charge in [0.05, 0.1) is 19.0 Å². The fourth-order valence-corrected chi connectivity index (χ4v) is 1.85. The molecule has 1 aromatic carbocycles. The van der Waals surface area contributed by atoms with Crippen LogP contribution >= 0.6 is 0 Å². The Morgan fingerprint density at radius 2 is 2.00 bits per heavy atom. The van der Waals surface area contributed by atoms with Crippen molar-refractivity contribution in [3.05, 3.63) is 48.8 Å². The minimum Gasteiger partial charge on any atom is -0.493 e. The molecule has 1 heterocycles. The standard InChI is InChI=1S/C16H18N2O3/c1-3-13(16(19)18-12-7-6-10-17-11-12)21-15-9-5-4-8-14(15)20-2/h4-11,13H,3H2,1-2H3,(H,18,19). The van der Waals surface area contributed by atoms with Crippen LogP contribution in [0, 0.1) is 0 Å². The van der Waals surface area contributed by atoms with Crippen molar-refractivity contribution in [2.45, 2.75) is 19.4 Å². The van der Waals surface area contributed by atoms with Gasteiger partial charge in [0.2, 0.25) is 0 Å². The van der Waals surface area contributed by atoms with E-state index in [0.717, 1.165) is 0 Å². The van der Waals surface area contributed by atoms with E-state index in [-0.39, 0.29) is 5.91 Å². The molecule has 2 aromatic rings. The molecule has 0 spiro atoms. The summed E-state index contributed by atoms with van der Waals surface area (Å²) < 4.78 is 11.0. The summed E-state index contributed by atoms with van der Waals surface area (Å²) in [7, 11) is 1.57. The average molecular weight is 286 g/mol. The number of rotatable bonds is 6. The van der Waals surface area contributed by atoms with Gasteiger partial charge in [0, 0.05) is 6.20 Å². The summed E-state index contributed by atoms with van der Waals surface area (Å²) in [6.45, 7) is 1.89. The Hall–Kier alpha value is -2.56. The average Bonchev–Trinajstić information content (AvgIpc) is 2.53. The number of carbonyl (C=O) groups is 1. The van der Waals surface area contributed by atoms with Crippen molar-refractivity contribution in [3.63, 3.8) is 0 Å². The Bertz CT molecular complexity index is 587. The molecule has 0 aliphatic heterocycles. The molecule has 1 unspecified atom stereocenters. The van der Waals surface area contributed by atoms with E-state index in [1.54, 1.807) is 43.8 Å². The molecule has 0 radical (unpaired) electrons. The second-order valence-corrected chi connectivity index (χ2v) is 4.40. The molecule has 1 N–H and O–H groups in total.